The van der Waals surface area contributed by atoms with Crippen molar-refractivity contribution in [1.29, 1.82) is 0 Å². The Balaban J connectivity index is 2.31. The first-order chi connectivity index (χ1) is 8.65. The fourth-order valence-corrected chi connectivity index (χ4v) is 2.00. The Bertz CT molecular complexity index is 731. The normalized spacial score (nSPS) is 11.0. The van der Waals surface area contributed by atoms with Crippen molar-refractivity contribution < 1.29 is 0 Å². The Morgan fingerprint density at radius 1 is 1.11 bits per heavy atom. The summed E-state index contributed by atoms with van der Waals surface area (Å²) in [5.74, 6) is 1.29. The van der Waals surface area contributed by atoms with E-state index in [2.05, 4.69) is 20.2 Å². The van der Waals surface area contributed by atoms with Crippen LogP contribution in [0.3, 0.4) is 0 Å². The highest BCUT2D eigenvalue weighted by atomic mass is 15.3. The predicted molar refractivity (Wildman–Crippen MR) is 67.9 cm³/mol. The van der Waals surface area contributed by atoms with Gasteiger partial charge >= 0.3 is 0 Å². The van der Waals surface area contributed by atoms with Gasteiger partial charge in [-0.25, -0.2) is 4.98 Å². The molecule has 0 bridgehead atoms. The van der Waals surface area contributed by atoms with Gasteiger partial charge in [-0.15, -0.1) is 10.2 Å². The Morgan fingerprint density at radius 3 is 2.72 bits per heavy atom. The molecule has 90 valence electrons. The molecule has 0 fully saturated rings. The summed E-state index contributed by atoms with van der Waals surface area (Å²) in [4.78, 5) is 8.41. The summed E-state index contributed by atoms with van der Waals surface area (Å²) in [5.41, 5.74) is 9.11. The molecule has 18 heavy (non-hydrogen) atoms. The summed E-state index contributed by atoms with van der Waals surface area (Å²) in [6, 6.07) is 3.81. The van der Waals surface area contributed by atoms with E-state index >= 15 is 0 Å². The molecule has 0 aliphatic rings. The molecule has 3 aromatic rings. The summed E-state index contributed by atoms with van der Waals surface area (Å²) in [6.07, 6.45) is 3.31. The lowest BCUT2D eigenvalue weighted by atomic mass is 10.2. The number of pyridine rings is 1. The Hall–Kier alpha value is -2.50. The number of aryl methyl sites for hydroxylation is 2. The first kappa shape index (κ1) is 10.6. The average molecular weight is 240 g/mol. The monoisotopic (exact) mass is 240 g/mol. The predicted octanol–water partition coefficient (Wildman–Crippen LogP) is 1.39. The average Bonchev–Trinajstić information content (AvgIpc) is 2.72. The Labute approximate surface area is 104 Å². The maximum atomic E-state index is 5.74. The molecular formula is C12H12N6. The number of nitrogens with two attached hydrogens (primary N) is 1. The van der Waals surface area contributed by atoms with Gasteiger partial charge in [0.2, 0.25) is 0 Å². The summed E-state index contributed by atoms with van der Waals surface area (Å²) >= 11 is 0. The number of nitrogens with zero attached hydrogens (tertiary/aromatic N) is 5. The van der Waals surface area contributed by atoms with Gasteiger partial charge in [-0.05, 0) is 26.0 Å². The SMILES string of the molecule is Cc1cc(C)n2c(-c3cncc(N)c3)nnc2n1. The fraction of sp³-hybridized carbons (Fsp3) is 0.167. The lowest BCUT2D eigenvalue weighted by Crippen LogP contribution is -1.99. The van der Waals surface area contributed by atoms with Crippen molar-refractivity contribution in [3.63, 3.8) is 0 Å². The number of fused-ring (bicyclic) bond motifs is 1. The van der Waals surface area contributed by atoms with Gasteiger partial charge in [0, 0.05) is 29.3 Å². The second kappa shape index (κ2) is 3.76. The molecule has 0 amide bonds. The quantitative estimate of drug-likeness (QED) is 0.695. The van der Waals surface area contributed by atoms with Gasteiger partial charge in [0.1, 0.15) is 0 Å². The highest BCUT2D eigenvalue weighted by molar-refractivity contribution is 5.61. The standard InChI is InChI=1S/C12H12N6/c1-7-3-8(2)18-11(16-17-12(18)15-7)9-4-10(13)6-14-5-9/h3-6H,13H2,1-2H3. The zero-order chi connectivity index (χ0) is 12.7. The van der Waals surface area contributed by atoms with Gasteiger partial charge in [-0.2, -0.15) is 0 Å². The van der Waals surface area contributed by atoms with Crippen molar-refractivity contribution in [3.8, 4) is 11.4 Å². The van der Waals surface area contributed by atoms with E-state index in [-0.39, 0.29) is 0 Å². The van der Waals surface area contributed by atoms with Gasteiger partial charge in [-0.3, -0.25) is 9.38 Å². The third kappa shape index (κ3) is 1.58. The molecule has 6 nitrogen and oxygen atoms in total. The molecule has 0 aliphatic carbocycles. The third-order valence-electron chi connectivity index (χ3n) is 2.71. The molecule has 0 aromatic carbocycles. The molecule has 0 unspecified atom stereocenters. The molecule has 2 N–H and O–H groups in total. The van der Waals surface area contributed by atoms with Crippen LogP contribution >= 0.6 is 0 Å². The van der Waals surface area contributed by atoms with E-state index in [0.717, 1.165) is 17.0 Å². The minimum Gasteiger partial charge on any atom is -0.397 e. The molecule has 0 atom stereocenters. The molecule has 0 saturated heterocycles. The van der Waals surface area contributed by atoms with Crippen LogP contribution in [0, 0.1) is 13.8 Å². The van der Waals surface area contributed by atoms with Crippen molar-refractivity contribution in [2.75, 3.05) is 5.73 Å². The molecule has 6 heteroatoms. The molecule has 3 rings (SSSR count). The second-order valence-corrected chi connectivity index (χ2v) is 4.20. The van der Waals surface area contributed by atoms with Gasteiger partial charge in [0.15, 0.2) is 5.82 Å². The van der Waals surface area contributed by atoms with E-state index in [1.165, 1.54) is 0 Å². The molecule has 3 heterocycles. The number of anilines is 1. The van der Waals surface area contributed by atoms with Crippen molar-refractivity contribution in [1.82, 2.24) is 24.6 Å². The number of aromatic nitrogens is 5. The largest absolute Gasteiger partial charge is 0.397 e. The second-order valence-electron chi connectivity index (χ2n) is 4.20. The van der Waals surface area contributed by atoms with Crippen LogP contribution in [0.15, 0.2) is 24.5 Å². The first-order valence-electron chi connectivity index (χ1n) is 5.55. The highest BCUT2D eigenvalue weighted by Crippen LogP contribution is 2.20. The molecule has 0 radical (unpaired) electrons. The van der Waals surface area contributed by atoms with Crippen LogP contribution < -0.4 is 5.73 Å². The van der Waals surface area contributed by atoms with Crippen LogP contribution in [-0.2, 0) is 0 Å². The lowest BCUT2D eigenvalue weighted by Gasteiger charge is -2.04. The minimum absolute atomic E-state index is 0.588. The van der Waals surface area contributed by atoms with Gasteiger partial charge < -0.3 is 5.73 Å². The van der Waals surface area contributed by atoms with Gasteiger partial charge in [-0.1, -0.05) is 0 Å². The summed E-state index contributed by atoms with van der Waals surface area (Å²) in [7, 11) is 0. The zero-order valence-electron chi connectivity index (χ0n) is 10.1. The summed E-state index contributed by atoms with van der Waals surface area (Å²) in [5, 5.41) is 8.24. The van der Waals surface area contributed by atoms with Crippen LogP contribution in [0.25, 0.3) is 17.2 Å². The third-order valence-corrected chi connectivity index (χ3v) is 2.71. The maximum absolute atomic E-state index is 5.74. The van der Waals surface area contributed by atoms with Crippen LogP contribution in [0.4, 0.5) is 5.69 Å². The highest BCUT2D eigenvalue weighted by Gasteiger charge is 2.11. The molecule has 0 spiro atoms. The van der Waals surface area contributed by atoms with Crippen molar-refractivity contribution >= 4 is 11.5 Å². The number of hydrogen-bond acceptors (Lipinski definition) is 5. The zero-order valence-corrected chi connectivity index (χ0v) is 10.1. The first-order valence-corrected chi connectivity index (χ1v) is 5.55. The van der Waals surface area contributed by atoms with Crippen molar-refractivity contribution in [2.45, 2.75) is 13.8 Å². The minimum atomic E-state index is 0.588. The van der Waals surface area contributed by atoms with Crippen LogP contribution in [-0.4, -0.2) is 24.6 Å². The van der Waals surface area contributed by atoms with Gasteiger partial charge in [0.05, 0.1) is 5.69 Å². The van der Waals surface area contributed by atoms with Crippen molar-refractivity contribution in [2.24, 2.45) is 0 Å². The molecular weight excluding hydrogens is 228 g/mol. The van der Waals surface area contributed by atoms with Gasteiger partial charge in [0.25, 0.3) is 5.78 Å². The van der Waals surface area contributed by atoms with E-state index in [1.54, 1.807) is 12.4 Å². The smallest absolute Gasteiger partial charge is 0.255 e. The van der Waals surface area contributed by atoms with Crippen LogP contribution in [0.1, 0.15) is 11.4 Å². The Morgan fingerprint density at radius 2 is 1.94 bits per heavy atom. The number of nitrogen functional groups attached to an aromatic ring is 1. The molecule has 3 aromatic heterocycles. The van der Waals surface area contributed by atoms with E-state index < -0.39 is 0 Å². The van der Waals surface area contributed by atoms with Crippen LogP contribution in [0.2, 0.25) is 0 Å². The lowest BCUT2D eigenvalue weighted by molar-refractivity contribution is 1.02. The number of rotatable bonds is 1. The fourth-order valence-electron chi connectivity index (χ4n) is 2.00. The topological polar surface area (TPSA) is 82.0 Å². The van der Waals surface area contributed by atoms with E-state index in [0.29, 0.717) is 17.3 Å². The van der Waals surface area contributed by atoms with E-state index in [4.69, 9.17) is 5.73 Å². The Kier molecular flexibility index (Phi) is 2.22. The molecule has 0 aliphatic heterocycles. The summed E-state index contributed by atoms with van der Waals surface area (Å²) < 4.78 is 1.89. The summed E-state index contributed by atoms with van der Waals surface area (Å²) in [6.45, 7) is 3.93. The molecule has 0 saturated carbocycles. The van der Waals surface area contributed by atoms with Crippen molar-refractivity contribution in [3.05, 3.63) is 35.9 Å². The number of hydrogen-bond donors (Lipinski definition) is 1. The van der Waals surface area contributed by atoms with Crippen LogP contribution in [0.5, 0.6) is 0 Å². The maximum Gasteiger partial charge on any atom is 0.255 e. The van der Waals surface area contributed by atoms with E-state index in [9.17, 15) is 0 Å². The van der Waals surface area contributed by atoms with E-state index in [1.807, 2.05) is 30.4 Å².